The van der Waals surface area contributed by atoms with Crippen molar-refractivity contribution in [2.24, 2.45) is 40.4 Å². The highest BCUT2D eigenvalue weighted by atomic mass is 28.4. The summed E-state index contributed by atoms with van der Waals surface area (Å²) in [4.78, 5) is 13.1. The first-order valence-corrected chi connectivity index (χ1v) is 16.2. The summed E-state index contributed by atoms with van der Waals surface area (Å²) in [6.45, 7) is 16.7. The van der Waals surface area contributed by atoms with Crippen molar-refractivity contribution in [1.29, 1.82) is 0 Å². The minimum atomic E-state index is -1.71. The summed E-state index contributed by atoms with van der Waals surface area (Å²) in [6, 6.07) is 0. The third-order valence-corrected chi connectivity index (χ3v) is 16.2. The van der Waals surface area contributed by atoms with Crippen molar-refractivity contribution in [2.75, 3.05) is 0 Å². The monoisotopic (exact) mass is 446 g/mol. The third kappa shape index (κ3) is 3.09. The molecule has 0 bridgehead atoms. The van der Waals surface area contributed by atoms with E-state index in [1.807, 2.05) is 0 Å². The highest BCUT2D eigenvalue weighted by Gasteiger charge is 2.68. The second-order valence-corrected chi connectivity index (χ2v) is 18.6. The van der Waals surface area contributed by atoms with E-state index < -0.39 is 8.32 Å². The van der Waals surface area contributed by atoms with Gasteiger partial charge in [0.2, 0.25) is 0 Å². The normalized spacial score (nSPS) is 49.6. The Hall–Kier alpha value is -0.353. The van der Waals surface area contributed by atoms with Crippen LogP contribution in [0.1, 0.15) is 92.4 Å². The first-order chi connectivity index (χ1) is 14.4. The lowest BCUT2D eigenvalue weighted by Gasteiger charge is -2.60. The van der Waals surface area contributed by atoms with Crippen LogP contribution in [0, 0.1) is 40.4 Å². The van der Waals surface area contributed by atoms with Crippen LogP contribution >= 0.6 is 0 Å². The zero-order valence-corrected chi connectivity index (χ0v) is 22.1. The number of cyclic esters (lactones) is 1. The molecule has 1 heterocycles. The number of esters is 1. The van der Waals surface area contributed by atoms with Crippen LogP contribution in [0.3, 0.4) is 0 Å². The molecule has 4 unspecified atom stereocenters. The van der Waals surface area contributed by atoms with Crippen molar-refractivity contribution in [3.63, 3.8) is 0 Å². The molecule has 0 radical (unpaired) electrons. The van der Waals surface area contributed by atoms with E-state index in [0.717, 1.165) is 24.2 Å². The molecule has 176 valence electrons. The Bertz CT molecular complexity index is 741. The quantitative estimate of drug-likeness (QED) is 0.340. The molecule has 9 atom stereocenters. The van der Waals surface area contributed by atoms with E-state index in [1.54, 1.807) is 0 Å². The van der Waals surface area contributed by atoms with Gasteiger partial charge < -0.3 is 9.16 Å². The van der Waals surface area contributed by atoms with Crippen LogP contribution in [0.2, 0.25) is 18.1 Å². The summed E-state index contributed by atoms with van der Waals surface area (Å²) in [5.74, 6) is 3.61. The number of fused-ring (bicyclic) bond motifs is 4. The minimum absolute atomic E-state index is 0.119. The average molecular weight is 447 g/mol. The molecule has 4 heteroatoms. The highest BCUT2D eigenvalue weighted by molar-refractivity contribution is 6.74. The standard InChI is InChI=1S/C27H46O3Si/c1-17-21-10-11-23-20-9-8-18-16-19(30-31(6,7)25(2,3)4)12-14-26(18,5)22(20)13-15-27(21,23)24(28)29-17/h17-23H,8-16H2,1-7H3/t17?,18-,19?,20+,21?,22-,23-,26-,27?/m0/s1. The molecule has 4 saturated carbocycles. The summed E-state index contributed by atoms with van der Waals surface area (Å²) in [5.41, 5.74) is 0.330. The van der Waals surface area contributed by atoms with Crippen molar-refractivity contribution in [2.45, 2.75) is 123 Å². The van der Waals surface area contributed by atoms with Crippen molar-refractivity contribution in [1.82, 2.24) is 0 Å². The van der Waals surface area contributed by atoms with Gasteiger partial charge in [-0.2, -0.15) is 0 Å². The molecule has 0 aromatic rings. The Balaban J connectivity index is 1.33. The van der Waals surface area contributed by atoms with Gasteiger partial charge in [0, 0.05) is 12.0 Å². The molecule has 5 aliphatic rings. The molecule has 5 rings (SSSR count). The van der Waals surface area contributed by atoms with Crippen LogP contribution < -0.4 is 0 Å². The first-order valence-electron chi connectivity index (χ1n) is 13.3. The van der Waals surface area contributed by atoms with E-state index in [1.165, 1.54) is 51.4 Å². The molecular weight excluding hydrogens is 400 g/mol. The molecule has 0 aromatic carbocycles. The molecule has 0 aromatic heterocycles. The summed E-state index contributed by atoms with van der Waals surface area (Å²) in [6.07, 6.45) is 11.9. The number of rotatable bonds is 2. The molecule has 5 fully saturated rings. The van der Waals surface area contributed by atoms with Gasteiger partial charge in [0.15, 0.2) is 8.32 Å². The zero-order chi connectivity index (χ0) is 22.4. The fourth-order valence-corrected chi connectivity index (χ4v) is 10.5. The molecule has 1 spiro atoms. The first kappa shape index (κ1) is 22.4. The van der Waals surface area contributed by atoms with Gasteiger partial charge in [-0.15, -0.1) is 0 Å². The highest BCUT2D eigenvalue weighted by Crippen LogP contribution is 2.69. The average Bonchev–Trinajstić information content (AvgIpc) is 3.17. The number of hydrogen-bond acceptors (Lipinski definition) is 3. The maximum Gasteiger partial charge on any atom is 0.313 e. The van der Waals surface area contributed by atoms with Gasteiger partial charge in [0.05, 0.1) is 5.41 Å². The lowest BCUT2D eigenvalue weighted by Crippen LogP contribution is -2.56. The fourth-order valence-electron chi connectivity index (χ4n) is 9.06. The van der Waals surface area contributed by atoms with Crippen LogP contribution in [0.15, 0.2) is 0 Å². The Kier molecular flexibility index (Phi) is 5.12. The van der Waals surface area contributed by atoms with E-state index in [2.05, 4.69) is 47.7 Å². The Morgan fingerprint density at radius 3 is 2.39 bits per heavy atom. The fraction of sp³-hybridized carbons (Fsp3) is 0.963. The zero-order valence-electron chi connectivity index (χ0n) is 21.1. The smallest absolute Gasteiger partial charge is 0.313 e. The molecule has 4 aliphatic carbocycles. The number of hydrogen-bond donors (Lipinski definition) is 0. The molecule has 0 N–H and O–H groups in total. The second-order valence-electron chi connectivity index (χ2n) is 13.8. The molecular formula is C27H46O3Si. The van der Waals surface area contributed by atoms with Crippen molar-refractivity contribution in [3.05, 3.63) is 0 Å². The van der Waals surface area contributed by atoms with Gasteiger partial charge in [-0.25, -0.2) is 0 Å². The van der Waals surface area contributed by atoms with E-state index in [-0.39, 0.29) is 22.5 Å². The lowest BCUT2D eigenvalue weighted by molar-refractivity contribution is -0.163. The van der Waals surface area contributed by atoms with Crippen LogP contribution in [0.5, 0.6) is 0 Å². The second kappa shape index (κ2) is 7.07. The maximum absolute atomic E-state index is 13.1. The summed E-state index contributed by atoms with van der Waals surface area (Å²) >= 11 is 0. The van der Waals surface area contributed by atoms with Gasteiger partial charge in [0.25, 0.3) is 0 Å². The maximum atomic E-state index is 13.1. The van der Waals surface area contributed by atoms with Crippen LogP contribution in [0.25, 0.3) is 0 Å². The summed E-state index contributed by atoms with van der Waals surface area (Å²) in [5, 5.41) is 0.287. The van der Waals surface area contributed by atoms with Crippen LogP contribution in [-0.4, -0.2) is 26.5 Å². The largest absolute Gasteiger partial charge is 0.462 e. The molecule has 1 aliphatic heterocycles. The SMILES string of the molecule is CC1OC(=O)C23CC[C@H]4[C@@H](CC[C@H]5CC(O[Si](C)(C)C(C)(C)C)CC[C@@]54C)[C@@H]2CCC13. The lowest BCUT2D eigenvalue weighted by atomic mass is 9.44. The van der Waals surface area contributed by atoms with Gasteiger partial charge >= 0.3 is 5.97 Å². The van der Waals surface area contributed by atoms with Gasteiger partial charge in [-0.1, -0.05) is 27.7 Å². The van der Waals surface area contributed by atoms with E-state index in [9.17, 15) is 4.79 Å². The van der Waals surface area contributed by atoms with Crippen molar-refractivity contribution in [3.8, 4) is 0 Å². The molecule has 0 amide bonds. The number of ether oxygens (including phenoxy) is 1. The van der Waals surface area contributed by atoms with Crippen LogP contribution in [-0.2, 0) is 14.0 Å². The molecule has 1 saturated heterocycles. The Labute approximate surface area is 191 Å². The van der Waals surface area contributed by atoms with Crippen LogP contribution in [0.4, 0.5) is 0 Å². The van der Waals surface area contributed by atoms with Gasteiger partial charge in [0.1, 0.15) is 6.10 Å². The van der Waals surface area contributed by atoms with Gasteiger partial charge in [-0.3, -0.25) is 4.79 Å². The Morgan fingerprint density at radius 1 is 0.968 bits per heavy atom. The number of carbonyl (C=O) groups is 1. The predicted octanol–water partition coefficient (Wildman–Crippen LogP) is 6.96. The molecule has 31 heavy (non-hydrogen) atoms. The van der Waals surface area contributed by atoms with Crippen molar-refractivity contribution >= 4 is 14.3 Å². The number of carbonyl (C=O) groups excluding carboxylic acids is 1. The Morgan fingerprint density at radius 2 is 1.68 bits per heavy atom. The molecule has 3 nitrogen and oxygen atoms in total. The minimum Gasteiger partial charge on any atom is -0.462 e. The summed E-state index contributed by atoms with van der Waals surface area (Å²) in [7, 11) is -1.71. The van der Waals surface area contributed by atoms with E-state index >= 15 is 0 Å². The third-order valence-electron chi connectivity index (χ3n) is 11.7. The van der Waals surface area contributed by atoms with Gasteiger partial charge in [-0.05, 0) is 112 Å². The predicted molar refractivity (Wildman–Crippen MR) is 127 cm³/mol. The van der Waals surface area contributed by atoms with Crippen molar-refractivity contribution < 1.29 is 14.0 Å². The van der Waals surface area contributed by atoms with E-state index in [0.29, 0.717) is 23.4 Å². The van der Waals surface area contributed by atoms with E-state index in [4.69, 9.17) is 9.16 Å². The summed E-state index contributed by atoms with van der Waals surface area (Å²) < 4.78 is 12.7. The topological polar surface area (TPSA) is 35.5 Å².